The van der Waals surface area contributed by atoms with E-state index in [1.54, 1.807) is 0 Å². The van der Waals surface area contributed by atoms with Gasteiger partial charge >= 0.3 is 0 Å². The third-order valence-corrected chi connectivity index (χ3v) is 4.56. The Balaban J connectivity index is 0.00000156. The number of benzene rings is 1. The molecular formula is C17H26Cl2N4O2. The van der Waals surface area contributed by atoms with Crippen molar-refractivity contribution < 1.29 is 9.53 Å². The molecule has 0 saturated carbocycles. The van der Waals surface area contributed by atoms with Crippen LogP contribution in [0, 0.1) is 12.8 Å². The summed E-state index contributed by atoms with van der Waals surface area (Å²) in [5.74, 6) is 1.10. The van der Waals surface area contributed by atoms with Crippen LogP contribution in [0.4, 0.5) is 0 Å². The first-order valence-electron chi connectivity index (χ1n) is 8.19. The van der Waals surface area contributed by atoms with Crippen LogP contribution in [-0.2, 0) is 16.1 Å². The van der Waals surface area contributed by atoms with Crippen LogP contribution in [-0.4, -0.2) is 41.3 Å². The van der Waals surface area contributed by atoms with E-state index in [1.807, 2.05) is 31.2 Å². The summed E-state index contributed by atoms with van der Waals surface area (Å²) in [5.41, 5.74) is 8.16. The molecule has 1 saturated heterocycles. The van der Waals surface area contributed by atoms with Crippen molar-refractivity contribution in [1.29, 1.82) is 0 Å². The number of nitrogens with zero attached hydrogens (tertiary/aromatic N) is 2. The molecule has 1 atom stereocenters. The molecule has 8 heteroatoms. The number of fused-ring (bicyclic) bond motifs is 1. The third kappa shape index (κ3) is 5.07. The molecule has 140 valence electrons. The Labute approximate surface area is 160 Å². The molecule has 1 aromatic carbocycles. The van der Waals surface area contributed by atoms with E-state index in [0.717, 1.165) is 29.7 Å². The van der Waals surface area contributed by atoms with Gasteiger partial charge in [-0.2, -0.15) is 0 Å². The zero-order chi connectivity index (χ0) is 16.2. The van der Waals surface area contributed by atoms with Crippen LogP contribution in [0.2, 0.25) is 0 Å². The van der Waals surface area contributed by atoms with Crippen molar-refractivity contribution >= 4 is 41.8 Å². The molecule has 0 radical (unpaired) electrons. The topological polar surface area (TPSA) is 82.2 Å². The number of hydrogen-bond acceptors (Lipinski definition) is 4. The molecule has 1 unspecified atom stereocenters. The van der Waals surface area contributed by atoms with E-state index in [2.05, 4.69) is 14.9 Å². The van der Waals surface area contributed by atoms with Gasteiger partial charge in [0.25, 0.3) is 0 Å². The summed E-state index contributed by atoms with van der Waals surface area (Å²) in [6.45, 7) is 4.63. The van der Waals surface area contributed by atoms with Crippen molar-refractivity contribution in [3.8, 4) is 0 Å². The smallest absolute Gasteiger partial charge is 0.237 e. The van der Waals surface area contributed by atoms with Crippen LogP contribution in [0.3, 0.4) is 0 Å². The summed E-state index contributed by atoms with van der Waals surface area (Å²) in [6.07, 6.45) is 1.72. The lowest BCUT2D eigenvalue weighted by atomic mass is 9.92. The fourth-order valence-corrected chi connectivity index (χ4v) is 3.18. The first kappa shape index (κ1) is 21.7. The summed E-state index contributed by atoms with van der Waals surface area (Å²) in [5, 5.41) is 2.96. The Bertz CT molecular complexity index is 686. The number of nitrogens with two attached hydrogens (primary N) is 1. The number of rotatable bonds is 5. The highest BCUT2D eigenvalue weighted by Crippen LogP contribution is 2.18. The molecule has 0 spiro atoms. The zero-order valence-electron chi connectivity index (χ0n) is 14.3. The second-order valence-corrected chi connectivity index (χ2v) is 6.07. The van der Waals surface area contributed by atoms with Gasteiger partial charge in [-0.15, -0.1) is 24.8 Å². The quantitative estimate of drug-likeness (QED) is 0.820. The van der Waals surface area contributed by atoms with Gasteiger partial charge in [0.05, 0.1) is 17.1 Å². The van der Waals surface area contributed by atoms with Crippen LogP contribution in [0.25, 0.3) is 11.0 Å². The van der Waals surface area contributed by atoms with Gasteiger partial charge < -0.3 is 20.4 Å². The molecule has 3 rings (SSSR count). The molecule has 25 heavy (non-hydrogen) atoms. The Morgan fingerprint density at radius 1 is 1.36 bits per heavy atom. The van der Waals surface area contributed by atoms with Crippen LogP contribution in [0.1, 0.15) is 18.7 Å². The molecule has 1 aliphatic rings. The predicted molar refractivity (Wildman–Crippen MR) is 103 cm³/mol. The van der Waals surface area contributed by atoms with Crippen LogP contribution in [0.5, 0.6) is 0 Å². The molecule has 0 bridgehead atoms. The molecule has 1 aliphatic heterocycles. The average molecular weight is 389 g/mol. The molecule has 6 nitrogen and oxygen atoms in total. The second-order valence-electron chi connectivity index (χ2n) is 6.07. The van der Waals surface area contributed by atoms with Gasteiger partial charge in [-0.3, -0.25) is 4.79 Å². The number of hydrogen-bond donors (Lipinski definition) is 2. The van der Waals surface area contributed by atoms with Gasteiger partial charge in [0.1, 0.15) is 5.82 Å². The first-order valence-corrected chi connectivity index (χ1v) is 8.19. The largest absolute Gasteiger partial charge is 0.381 e. The summed E-state index contributed by atoms with van der Waals surface area (Å²) >= 11 is 0. The van der Waals surface area contributed by atoms with Crippen molar-refractivity contribution in [3.05, 3.63) is 30.1 Å². The van der Waals surface area contributed by atoms with Crippen molar-refractivity contribution in [2.24, 2.45) is 11.7 Å². The van der Waals surface area contributed by atoms with E-state index >= 15 is 0 Å². The summed E-state index contributed by atoms with van der Waals surface area (Å²) in [6, 6.07) is 7.58. The highest BCUT2D eigenvalue weighted by molar-refractivity contribution is 5.85. The zero-order valence-corrected chi connectivity index (χ0v) is 15.9. The van der Waals surface area contributed by atoms with Gasteiger partial charge in [0.2, 0.25) is 5.91 Å². The fraction of sp³-hybridized carbons (Fsp3) is 0.529. The minimum atomic E-state index is -0.445. The number of carbonyl (C=O) groups is 1. The molecule has 1 aromatic heterocycles. The van der Waals surface area contributed by atoms with Crippen LogP contribution in [0.15, 0.2) is 24.3 Å². The minimum Gasteiger partial charge on any atom is -0.381 e. The number of halogens is 2. The monoisotopic (exact) mass is 388 g/mol. The molecule has 1 amide bonds. The van der Waals surface area contributed by atoms with Gasteiger partial charge in [0, 0.05) is 26.3 Å². The van der Waals surface area contributed by atoms with E-state index in [4.69, 9.17) is 10.5 Å². The molecule has 2 aromatic rings. The number of carbonyl (C=O) groups excluding carboxylic acids is 1. The molecule has 2 heterocycles. The Morgan fingerprint density at radius 2 is 2.04 bits per heavy atom. The van der Waals surface area contributed by atoms with Crippen molar-refractivity contribution in [3.63, 3.8) is 0 Å². The minimum absolute atomic E-state index is 0. The normalized spacial score (nSPS) is 15.9. The highest BCUT2D eigenvalue weighted by Gasteiger charge is 2.26. The number of para-hydroxylation sites is 2. The molecular weight excluding hydrogens is 363 g/mol. The molecule has 0 aliphatic carbocycles. The van der Waals surface area contributed by atoms with Gasteiger partial charge in [-0.25, -0.2) is 4.98 Å². The number of aryl methyl sites for hydroxylation is 1. The summed E-state index contributed by atoms with van der Waals surface area (Å²) in [4.78, 5) is 16.7. The van der Waals surface area contributed by atoms with Crippen molar-refractivity contribution in [2.75, 3.05) is 19.8 Å². The predicted octanol–water partition coefficient (Wildman–Crippen LogP) is 2.06. The Kier molecular flexibility index (Phi) is 8.65. The number of aromatic nitrogens is 2. The number of nitrogens with one attached hydrogen (secondary N) is 1. The molecule has 3 N–H and O–H groups in total. The highest BCUT2D eigenvalue weighted by atomic mass is 35.5. The summed E-state index contributed by atoms with van der Waals surface area (Å²) < 4.78 is 7.44. The summed E-state index contributed by atoms with van der Waals surface area (Å²) in [7, 11) is 0. The lowest BCUT2D eigenvalue weighted by Gasteiger charge is -2.26. The van der Waals surface area contributed by atoms with Gasteiger partial charge in [-0.1, -0.05) is 12.1 Å². The first-order chi connectivity index (χ1) is 11.2. The van der Waals surface area contributed by atoms with Crippen LogP contribution < -0.4 is 11.1 Å². The maximum absolute atomic E-state index is 12.2. The van der Waals surface area contributed by atoms with Crippen molar-refractivity contribution in [1.82, 2.24) is 14.9 Å². The Morgan fingerprint density at radius 3 is 2.76 bits per heavy atom. The van der Waals surface area contributed by atoms with E-state index in [9.17, 15) is 4.79 Å². The fourth-order valence-electron chi connectivity index (χ4n) is 3.18. The average Bonchev–Trinajstić information content (AvgIpc) is 2.90. The number of imidazole rings is 1. The van der Waals surface area contributed by atoms with E-state index in [1.165, 1.54) is 0 Å². The standard InChI is InChI=1S/C17H24N4O2.2ClH/c1-12-20-14-4-2-3-5-15(14)21(12)9-8-19-17(22)16(18)13-6-10-23-11-7-13;;/h2-5,13,16H,6-11,18H2,1H3,(H,19,22);2*1H. The molecule has 1 fully saturated rings. The Hall–Kier alpha value is -1.34. The third-order valence-electron chi connectivity index (χ3n) is 4.56. The van der Waals surface area contributed by atoms with Gasteiger partial charge in [0.15, 0.2) is 0 Å². The number of amides is 1. The van der Waals surface area contributed by atoms with E-state index < -0.39 is 6.04 Å². The van der Waals surface area contributed by atoms with Crippen LogP contribution >= 0.6 is 24.8 Å². The van der Waals surface area contributed by atoms with Gasteiger partial charge in [-0.05, 0) is 37.8 Å². The van der Waals surface area contributed by atoms with E-state index in [-0.39, 0.29) is 36.6 Å². The second kappa shape index (κ2) is 9.97. The maximum Gasteiger partial charge on any atom is 0.237 e. The lowest BCUT2D eigenvalue weighted by Crippen LogP contribution is -2.47. The van der Waals surface area contributed by atoms with Crippen molar-refractivity contribution in [2.45, 2.75) is 32.4 Å². The number of ether oxygens (including phenoxy) is 1. The maximum atomic E-state index is 12.2. The lowest BCUT2D eigenvalue weighted by molar-refractivity contribution is -0.124. The SMILES string of the molecule is Cc1nc2ccccc2n1CCNC(=O)C(N)C1CCOCC1.Cl.Cl. The van der Waals surface area contributed by atoms with E-state index in [0.29, 0.717) is 26.3 Å².